The summed E-state index contributed by atoms with van der Waals surface area (Å²) in [6, 6.07) is 1.73. The molecule has 9 heteroatoms. The second-order valence-electron chi connectivity index (χ2n) is 4.45. The van der Waals surface area contributed by atoms with Crippen LogP contribution in [0, 0.1) is 5.92 Å². The molecular weight excluding hydrogens is 308 g/mol. The van der Waals surface area contributed by atoms with E-state index in [-0.39, 0.29) is 11.1 Å². The van der Waals surface area contributed by atoms with Crippen LogP contribution in [-0.2, 0) is 16.6 Å². The Morgan fingerprint density at radius 3 is 2.63 bits per heavy atom. The number of thiophene rings is 1. The summed E-state index contributed by atoms with van der Waals surface area (Å²) in [7, 11) is -3.91. The average molecular weight is 321 g/mol. The molecule has 0 aliphatic carbocycles. The third kappa shape index (κ3) is 2.97. The fraction of sp³-hybridized carbons (Fsp3) is 0.400. The van der Waals surface area contributed by atoms with Gasteiger partial charge in [0.25, 0.3) is 15.2 Å². The van der Waals surface area contributed by atoms with Gasteiger partial charge in [-0.1, -0.05) is 25.4 Å². The highest BCUT2D eigenvalue weighted by Gasteiger charge is 2.24. The van der Waals surface area contributed by atoms with Crippen molar-refractivity contribution in [1.29, 1.82) is 0 Å². The second-order valence-corrected chi connectivity index (χ2v) is 7.23. The first-order valence-corrected chi connectivity index (χ1v) is 8.30. The Labute approximate surface area is 120 Å². The molecule has 0 fully saturated rings. The Balaban J connectivity index is 2.63. The number of primary sulfonamides is 1. The number of nitrogens with zero attached hydrogens (tertiary/aromatic N) is 3. The molecule has 0 unspecified atom stereocenters. The highest BCUT2D eigenvalue weighted by atomic mass is 35.5. The first-order valence-electron chi connectivity index (χ1n) is 5.50. The predicted molar refractivity (Wildman–Crippen MR) is 74.6 cm³/mol. The molecule has 2 heterocycles. The normalized spacial score (nSPS) is 12.3. The van der Waals surface area contributed by atoms with Crippen LogP contribution in [-0.4, -0.2) is 23.2 Å². The van der Waals surface area contributed by atoms with Gasteiger partial charge in [-0.15, -0.1) is 21.5 Å². The van der Waals surface area contributed by atoms with Crippen LogP contribution >= 0.6 is 22.9 Å². The molecule has 2 aromatic heterocycles. The SMILES string of the molecule is CC(C)Cn1c(-c2sccc2Cl)nnc1S(N)(=O)=O. The van der Waals surface area contributed by atoms with Gasteiger partial charge in [0.15, 0.2) is 5.82 Å². The average Bonchev–Trinajstić information content (AvgIpc) is 2.82. The summed E-state index contributed by atoms with van der Waals surface area (Å²) in [5.74, 6) is 0.645. The molecule has 0 atom stereocenters. The van der Waals surface area contributed by atoms with Gasteiger partial charge >= 0.3 is 0 Å². The zero-order valence-corrected chi connectivity index (χ0v) is 12.8. The number of hydrogen-bond acceptors (Lipinski definition) is 5. The lowest BCUT2D eigenvalue weighted by Gasteiger charge is -2.11. The Bertz CT molecular complexity index is 690. The number of nitrogens with two attached hydrogens (primary N) is 1. The summed E-state index contributed by atoms with van der Waals surface area (Å²) in [5.41, 5.74) is 0. The molecule has 19 heavy (non-hydrogen) atoms. The molecule has 2 N–H and O–H groups in total. The zero-order valence-electron chi connectivity index (χ0n) is 10.4. The maximum atomic E-state index is 11.5. The fourth-order valence-corrected chi connectivity index (χ4v) is 3.41. The maximum absolute atomic E-state index is 11.5. The minimum absolute atomic E-state index is 0.217. The zero-order chi connectivity index (χ0) is 14.2. The molecule has 0 spiro atoms. The van der Waals surface area contributed by atoms with E-state index in [1.807, 2.05) is 19.2 Å². The number of aromatic nitrogens is 3. The van der Waals surface area contributed by atoms with Crippen LogP contribution < -0.4 is 5.14 Å². The smallest absolute Gasteiger partial charge is 0.273 e. The van der Waals surface area contributed by atoms with Crippen LogP contribution in [0.1, 0.15) is 13.8 Å². The van der Waals surface area contributed by atoms with Crippen molar-refractivity contribution in [2.75, 3.05) is 0 Å². The lowest BCUT2D eigenvalue weighted by atomic mass is 10.2. The van der Waals surface area contributed by atoms with Crippen molar-refractivity contribution < 1.29 is 8.42 Å². The quantitative estimate of drug-likeness (QED) is 0.932. The summed E-state index contributed by atoms with van der Waals surface area (Å²) in [5, 5.41) is 14.9. The molecule has 0 bridgehead atoms. The van der Waals surface area contributed by atoms with Crippen LogP contribution in [0.5, 0.6) is 0 Å². The first-order chi connectivity index (χ1) is 8.80. The Morgan fingerprint density at radius 2 is 2.16 bits per heavy atom. The topological polar surface area (TPSA) is 90.9 Å². The molecule has 0 radical (unpaired) electrons. The maximum Gasteiger partial charge on any atom is 0.273 e. The largest absolute Gasteiger partial charge is 0.296 e. The lowest BCUT2D eigenvalue weighted by molar-refractivity contribution is 0.486. The number of rotatable bonds is 4. The van der Waals surface area contributed by atoms with E-state index in [4.69, 9.17) is 16.7 Å². The fourth-order valence-electron chi connectivity index (χ4n) is 1.65. The summed E-state index contributed by atoms with van der Waals surface area (Å²) in [4.78, 5) is 0.685. The Morgan fingerprint density at radius 1 is 1.47 bits per heavy atom. The van der Waals surface area contributed by atoms with Gasteiger partial charge in [-0.05, 0) is 17.4 Å². The van der Waals surface area contributed by atoms with Crippen molar-refractivity contribution in [2.45, 2.75) is 25.5 Å². The van der Waals surface area contributed by atoms with Gasteiger partial charge in [-0.3, -0.25) is 4.57 Å². The van der Waals surface area contributed by atoms with E-state index in [1.54, 1.807) is 6.07 Å². The molecule has 0 saturated heterocycles. The third-order valence-electron chi connectivity index (χ3n) is 2.34. The van der Waals surface area contributed by atoms with Gasteiger partial charge < -0.3 is 0 Å². The number of hydrogen-bond donors (Lipinski definition) is 1. The van der Waals surface area contributed by atoms with Crippen molar-refractivity contribution >= 4 is 33.0 Å². The standard InChI is InChI=1S/C10H13ClN4O2S2/c1-6(2)5-15-9(8-7(11)3-4-18-8)13-14-10(15)19(12,16)17/h3-4,6H,5H2,1-2H3,(H2,12,16,17). The Hall–Kier alpha value is -0.960. The van der Waals surface area contributed by atoms with Gasteiger partial charge in [-0.25, -0.2) is 13.6 Å². The van der Waals surface area contributed by atoms with E-state index < -0.39 is 10.0 Å². The minimum atomic E-state index is -3.91. The summed E-state index contributed by atoms with van der Waals surface area (Å²) < 4.78 is 24.6. The van der Waals surface area contributed by atoms with Crippen LogP contribution in [0.4, 0.5) is 0 Å². The monoisotopic (exact) mass is 320 g/mol. The minimum Gasteiger partial charge on any atom is -0.296 e. The number of halogens is 1. The van der Waals surface area contributed by atoms with Crippen molar-refractivity contribution in [3.63, 3.8) is 0 Å². The molecule has 0 saturated carbocycles. The van der Waals surface area contributed by atoms with E-state index in [9.17, 15) is 8.42 Å². The van der Waals surface area contributed by atoms with Gasteiger partial charge in [-0.2, -0.15) is 0 Å². The van der Waals surface area contributed by atoms with Gasteiger partial charge in [0.2, 0.25) is 0 Å². The van der Waals surface area contributed by atoms with E-state index in [2.05, 4.69) is 10.2 Å². The molecule has 0 aromatic carbocycles. The van der Waals surface area contributed by atoms with Gasteiger partial charge in [0.05, 0.1) is 9.90 Å². The van der Waals surface area contributed by atoms with Crippen molar-refractivity contribution in [3.05, 3.63) is 16.5 Å². The highest BCUT2D eigenvalue weighted by molar-refractivity contribution is 7.89. The summed E-state index contributed by atoms with van der Waals surface area (Å²) >= 11 is 7.43. The molecule has 2 aromatic rings. The lowest BCUT2D eigenvalue weighted by Crippen LogP contribution is -2.20. The van der Waals surface area contributed by atoms with Crippen molar-refractivity contribution in [2.24, 2.45) is 11.1 Å². The molecule has 0 amide bonds. The first kappa shape index (κ1) is 14.4. The van der Waals surface area contributed by atoms with Crippen molar-refractivity contribution in [1.82, 2.24) is 14.8 Å². The van der Waals surface area contributed by atoms with Crippen molar-refractivity contribution in [3.8, 4) is 10.7 Å². The van der Waals surface area contributed by atoms with Crippen LogP contribution in [0.3, 0.4) is 0 Å². The van der Waals surface area contributed by atoms with Gasteiger partial charge in [0.1, 0.15) is 0 Å². The summed E-state index contributed by atoms with van der Waals surface area (Å²) in [6.45, 7) is 4.38. The molecule has 0 aliphatic heterocycles. The molecule has 2 rings (SSSR count). The van der Waals surface area contributed by atoms with Crippen LogP contribution in [0.2, 0.25) is 5.02 Å². The Kier molecular flexibility index (Phi) is 3.95. The summed E-state index contributed by atoms with van der Waals surface area (Å²) in [6.07, 6.45) is 0. The van der Waals surface area contributed by atoms with Crippen LogP contribution in [0.25, 0.3) is 10.7 Å². The molecule has 104 valence electrons. The third-order valence-corrected chi connectivity index (χ3v) is 4.49. The van der Waals surface area contributed by atoms with E-state index >= 15 is 0 Å². The predicted octanol–water partition coefficient (Wildman–Crippen LogP) is 1.96. The van der Waals surface area contributed by atoms with E-state index in [1.165, 1.54) is 15.9 Å². The molecular formula is C10H13ClN4O2S2. The van der Waals surface area contributed by atoms with E-state index in [0.29, 0.717) is 22.3 Å². The number of sulfonamides is 1. The van der Waals surface area contributed by atoms with E-state index in [0.717, 1.165) is 0 Å². The second kappa shape index (κ2) is 5.20. The molecule has 0 aliphatic rings. The molecule has 6 nitrogen and oxygen atoms in total. The van der Waals surface area contributed by atoms with Gasteiger partial charge in [0, 0.05) is 6.54 Å². The van der Waals surface area contributed by atoms with Crippen LogP contribution in [0.15, 0.2) is 16.6 Å². The highest BCUT2D eigenvalue weighted by Crippen LogP contribution is 2.33.